The van der Waals surface area contributed by atoms with Gasteiger partial charge in [-0.3, -0.25) is 19.3 Å². The molecule has 0 radical (unpaired) electrons. The highest BCUT2D eigenvalue weighted by Crippen LogP contribution is 2.37. The van der Waals surface area contributed by atoms with E-state index in [4.69, 9.17) is 23.2 Å². The van der Waals surface area contributed by atoms with Crippen LogP contribution in [0.25, 0.3) is 10.8 Å². The third kappa shape index (κ3) is 5.20. The molecule has 0 spiro atoms. The number of carbonyl (C=O) groups is 3. The Morgan fingerprint density at radius 3 is 2.39 bits per heavy atom. The standard InChI is InChI=1S/C28H29Cl2N3O3/c1-5-22(26(35)31-28(2,3)4)32(15-18-12-13-19(29)14-21(18)30)24(34)16-33-23-11-7-9-17-8-6-10-20(25(17)23)27(33)36/h6-14,22H,5,15-16H2,1-4H3,(H,31,35)/t22-/m0/s1. The molecule has 1 atom stereocenters. The maximum Gasteiger partial charge on any atom is 0.259 e. The molecule has 6 nitrogen and oxygen atoms in total. The number of nitrogens with one attached hydrogen (secondary N) is 1. The summed E-state index contributed by atoms with van der Waals surface area (Å²) < 4.78 is 0. The minimum atomic E-state index is -0.751. The first-order valence-corrected chi connectivity index (χ1v) is 12.6. The van der Waals surface area contributed by atoms with Gasteiger partial charge in [-0.05, 0) is 62.4 Å². The quantitative estimate of drug-likeness (QED) is 0.421. The Bertz CT molecular complexity index is 1340. The molecule has 3 aromatic carbocycles. The zero-order chi connectivity index (χ0) is 26.2. The molecule has 8 heteroatoms. The van der Waals surface area contributed by atoms with Crippen LogP contribution in [0.1, 0.15) is 50.0 Å². The molecule has 0 saturated heterocycles. The Morgan fingerprint density at radius 2 is 1.75 bits per heavy atom. The SMILES string of the molecule is CC[C@@H](C(=O)NC(C)(C)C)N(Cc1ccc(Cl)cc1Cl)C(=O)CN1C(=O)c2cccc3cccc1c23. The Labute approximate surface area is 221 Å². The van der Waals surface area contributed by atoms with Crippen molar-refractivity contribution in [3.8, 4) is 0 Å². The van der Waals surface area contributed by atoms with Gasteiger partial charge in [0.1, 0.15) is 12.6 Å². The fourth-order valence-corrected chi connectivity index (χ4v) is 5.04. The molecule has 1 N–H and O–H groups in total. The topological polar surface area (TPSA) is 69.7 Å². The molecule has 4 rings (SSSR count). The lowest BCUT2D eigenvalue weighted by Crippen LogP contribution is -2.55. The van der Waals surface area contributed by atoms with Crippen molar-refractivity contribution in [3.05, 3.63) is 75.8 Å². The molecule has 0 aromatic heterocycles. The molecular weight excluding hydrogens is 497 g/mol. The molecule has 1 aliphatic heterocycles. The zero-order valence-corrected chi connectivity index (χ0v) is 22.3. The van der Waals surface area contributed by atoms with E-state index in [2.05, 4.69) is 5.32 Å². The van der Waals surface area contributed by atoms with Crippen LogP contribution in [0, 0.1) is 0 Å². The molecule has 1 heterocycles. The molecule has 36 heavy (non-hydrogen) atoms. The molecule has 3 aromatic rings. The van der Waals surface area contributed by atoms with E-state index < -0.39 is 11.6 Å². The van der Waals surface area contributed by atoms with Gasteiger partial charge >= 0.3 is 0 Å². The van der Waals surface area contributed by atoms with E-state index in [-0.39, 0.29) is 30.8 Å². The van der Waals surface area contributed by atoms with Gasteiger partial charge in [0.2, 0.25) is 11.8 Å². The van der Waals surface area contributed by atoms with Crippen LogP contribution in [0.15, 0.2) is 54.6 Å². The van der Waals surface area contributed by atoms with E-state index in [0.29, 0.717) is 33.3 Å². The number of benzene rings is 3. The maximum atomic E-state index is 13.9. The molecule has 1 aliphatic rings. The largest absolute Gasteiger partial charge is 0.350 e. The van der Waals surface area contributed by atoms with Crippen LogP contribution in [-0.2, 0) is 16.1 Å². The first kappa shape index (κ1) is 26.0. The third-order valence-corrected chi connectivity index (χ3v) is 6.77. The molecule has 3 amide bonds. The molecule has 188 valence electrons. The van der Waals surface area contributed by atoms with Crippen molar-refractivity contribution in [2.45, 2.75) is 52.2 Å². The van der Waals surface area contributed by atoms with Gasteiger partial charge in [0.15, 0.2) is 0 Å². The van der Waals surface area contributed by atoms with Crippen LogP contribution >= 0.6 is 23.2 Å². The van der Waals surface area contributed by atoms with Crippen molar-refractivity contribution in [2.24, 2.45) is 0 Å². The van der Waals surface area contributed by atoms with Gasteiger partial charge in [-0.2, -0.15) is 0 Å². The van der Waals surface area contributed by atoms with Crippen LogP contribution in [0.2, 0.25) is 10.0 Å². The van der Waals surface area contributed by atoms with Gasteiger partial charge in [0.05, 0.1) is 5.69 Å². The first-order valence-electron chi connectivity index (χ1n) is 11.9. The van der Waals surface area contributed by atoms with Gasteiger partial charge in [-0.15, -0.1) is 0 Å². The van der Waals surface area contributed by atoms with Gasteiger partial charge in [-0.25, -0.2) is 0 Å². The fraction of sp³-hybridized carbons (Fsp3) is 0.321. The van der Waals surface area contributed by atoms with E-state index in [0.717, 1.165) is 10.8 Å². The molecule has 0 fully saturated rings. The minimum absolute atomic E-state index is 0.101. The van der Waals surface area contributed by atoms with Crippen LogP contribution in [0.5, 0.6) is 0 Å². The summed E-state index contributed by atoms with van der Waals surface area (Å²) >= 11 is 12.5. The predicted molar refractivity (Wildman–Crippen MR) is 145 cm³/mol. The van der Waals surface area contributed by atoms with Crippen molar-refractivity contribution in [1.82, 2.24) is 10.2 Å². The lowest BCUT2D eigenvalue weighted by molar-refractivity contribution is -0.141. The van der Waals surface area contributed by atoms with Crippen molar-refractivity contribution in [3.63, 3.8) is 0 Å². The highest BCUT2D eigenvalue weighted by Gasteiger charge is 2.36. The summed E-state index contributed by atoms with van der Waals surface area (Å²) in [7, 11) is 0. The lowest BCUT2D eigenvalue weighted by Gasteiger charge is -2.34. The first-order chi connectivity index (χ1) is 17.0. The second kappa shape index (κ2) is 10.1. The summed E-state index contributed by atoms with van der Waals surface area (Å²) in [6, 6.07) is 15.5. The fourth-order valence-electron chi connectivity index (χ4n) is 4.57. The summed E-state index contributed by atoms with van der Waals surface area (Å²) in [6.45, 7) is 7.43. The van der Waals surface area contributed by atoms with Crippen molar-refractivity contribution < 1.29 is 14.4 Å². The lowest BCUT2D eigenvalue weighted by atomic mass is 10.1. The average Bonchev–Trinajstić information content (AvgIpc) is 3.07. The summed E-state index contributed by atoms with van der Waals surface area (Å²) in [5.41, 5.74) is 1.45. The average molecular weight is 526 g/mol. The van der Waals surface area contributed by atoms with Crippen molar-refractivity contribution in [2.75, 3.05) is 11.4 Å². The molecule has 0 aliphatic carbocycles. The second-order valence-electron chi connectivity index (χ2n) is 9.99. The molecule has 0 saturated carbocycles. The van der Waals surface area contributed by atoms with Gasteiger partial charge in [-0.1, -0.05) is 60.5 Å². The van der Waals surface area contributed by atoms with Crippen LogP contribution in [-0.4, -0.2) is 40.7 Å². The maximum absolute atomic E-state index is 13.9. The number of amides is 3. The van der Waals surface area contributed by atoms with E-state index >= 15 is 0 Å². The number of halogens is 2. The number of hydrogen-bond acceptors (Lipinski definition) is 3. The number of rotatable bonds is 7. The van der Waals surface area contributed by atoms with Crippen LogP contribution in [0.3, 0.4) is 0 Å². The van der Waals surface area contributed by atoms with Gasteiger partial charge < -0.3 is 10.2 Å². The molecule has 0 unspecified atom stereocenters. The van der Waals surface area contributed by atoms with Crippen molar-refractivity contribution >= 4 is 57.4 Å². The highest BCUT2D eigenvalue weighted by molar-refractivity contribution is 6.35. The summed E-state index contributed by atoms with van der Waals surface area (Å²) in [4.78, 5) is 43.4. The van der Waals surface area contributed by atoms with Crippen LogP contribution in [0.4, 0.5) is 5.69 Å². The molecular formula is C28H29Cl2N3O3. The summed E-state index contributed by atoms with van der Waals surface area (Å²) in [5, 5.41) is 5.64. The van der Waals surface area contributed by atoms with E-state index in [1.165, 1.54) is 9.80 Å². The van der Waals surface area contributed by atoms with Crippen LogP contribution < -0.4 is 10.2 Å². The Morgan fingerprint density at radius 1 is 1.06 bits per heavy atom. The smallest absolute Gasteiger partial charge is 0.259 e. The number of hydrogen-bond donors (Lipinski definition) is 1. The minimum Gasteiger partial charge on any atom is -0.350 e. The Kier molecular flexibility index (Phi) is 7.30. The van der Waals surface area contributed by atoms with Crippen molar-refractivity contribution in [1.29, 1.82) is 0 Å². The predicted octanol–water partition coefficient (Wildman–Crippen LogP) is 5.83. The third-order valence-electron chi connectivity index (χ3n) is 6.18. The van der Waals surface area contributed by atoms with Gasteiger partial charge in [0, 0.05) is 33.1 Å². The number of carbonyl (C=O) groups excluding carboxylic acids is 3. The normalized spacial score (nSPS) is 13.7. The summed E-state index contributed by atoms with van der Waals surface area (Å²) in [6.07, 6.45) is 0.391. The Hall–Kier alpha value is -3.09. The summed E-state index contributed by atoms with van der Waals surface area (Å²) in [5.74, 6) is -0.844. The number of anilines is 1. The molecule has 0 bridgehead atoms. The zero-order valence-electron chi connectivity index (χ0n) is 20.8. The Balaban J connectivity index is 1.68. The monoisotopic (exact) mass is 525 g/mol. The van der Waals surface area contributed by atoms with Gasteiger partial charge in [0.25, 0.3) is 5.91 Å². The highest BCUT2D eigenvalue weighted by atomic mass is 35.5. The van der Waals surface area contributed by atoms with E-state index in [9.17, 15) is 14.4 Å². The number of nitrogens with zero attached hydrogens (tertiary/aromatic N) is 2. The van der Waals surface area contributed by atoms with E-state index in [1.807, 2.05) is 58.0 Å². The van der Waals surface area contributed by atoms with E-state index in [1.54, 1.807) is 24.3 Å². The second-order valence-corrected chi connectivity index (χ2v) is 10.8.